The first-order chi connectivity index (χ1) is 14.2. The molecule has 158 valence electrons. The number of sulfonamides is 1. The lowest BCUT2D eigenvalue weighted by atomic mass is 9.77. The van der Waals surface area contributed by atoms with Crippen LogP contribution in [0.1, 0.15) is 65.4 Å². The second-order valence-electron chi connectivity index (χ2n) is 8.10. The quantitative estimate of drug-likeness (QED) is 0.677. The predicted octanol–water partition coefficient (Wildman–Crippen LogP) is 4.27. The minimum atomic E-state index is -3.95. The second kappa shape index (κ2) is 7.81. The second-order valence-corrected chi connectivity index (χ2v) is 10.8. The lowest BCUT2D eigenvalue weighted by Gasteiger charge is -2.34. The molecular weight excluding hydrogens is 468 g/mol. The fraction of sp³-hybridized carbons (Fsp3) is 0.364. The number of benzene rings is 2. The van der Waals surface area contributed by atoms with Gasteiger partial charge in [-0.25, -0.2) is 12.7 Å². The third-order valence-electron chi connectivity index (χ3n) is 5.82. The Hall–Kier alpha value is -2.19. The fourth-order valence-corrected chi connectivity index (χ4v) is 6.10. The van der Waals surface area contributed by atoms with E-state index in [1.807, 2.05) is 24.3 Å². The summed E-state index contributed by atoms with van der Waals surface area (Å²) in [4.78, 5) is 25.4. The van der Waals surface area contributed by atoms with Crippen LogP contribution in [0, 0.1) is 5.92 Å². The normalized spacial score (nSPS) is 18.8. The number of nitrogens with one attached hydrogen (secondary N) is 1. The van der Waals surface area contributed by atoms with Gasteiger partial charge in [0.15, 0.2) is 0 Å². The monoisotopic (exact) mass is 490 g/mol. The summed E-state index contributed by atoms with van der Waals surface area (Å²) in [7, 11) is -3.95. The van der Waals surface area contributed by atoms with E-state index in [-0.39, 0.29) is 28.0 Å². The van der Waals surface area contributed by atoms with Crippen LogP contribution in [0.5, 0.6) is 0 Å². The van der Waals surface area contributed by atoms with E-state index >= 15 is 0 Å². The number of fused-ring (bicyclic) bond motifs is 1. The predicted molar refractivity (Wildman–Crippen MR) is 117 cm³/mol. The zero-order valence-corrected chi connectivity index (χ0v) is 19.2. The van der Waals surface area contributed by atoms with Crippen molar-refractivity contribution in [2.75, 3.05) is 0 Å². The van der Waals surface area contributed by atoms with Crippen molar-refractivity contribution in [1.29, 1.82) is 0 Å². The lowest BCUT2D eigenvalue weighted by molar-refractivity contribution is 0.0844. The molecule has 2 aliphatic rings. The number of carbonyl (C=O) groups is 2. The van der Waals surface area contributed by atoms with Gasteiger partial charge >= 0.3 is 0 Å². The van der Waals surface area contributed by atoms with Gasteiger partial charge in [0.05, 0.1) is 11.6 Å². The maximum absolute atomic E-state index is 13.0. The summed E-state index contributed by atoms with van der Waals surface area (Å²) in [6, 6.07) is 11.5. The van der Waals surface area contributed by atoms with Crippen molar-refractivity contribution in [2.24, 2.45) is 5.92 Å². The zero-order chi connectivity index (χ0) is 21.6. The topological polar surface area (TPSA) is 83.6 Å². The molecule has 1 N–H and O–H groups in total. The number of nitrogens with zero attached hydrogens (tertiary/aromatic N) is 1. The summed E-state index contributed by atoms with van der Waals surface area (Å²) in [6.45, 7) is 3.30. The lowest BCUT2D eigenvalue weighted by Crippen LogP contribution is -2.36. The largest absolute Gasteiger partial charge is 0.345 e. The smallest absolute Gasteiger partial charge is 0.269 e. The van der Waals surface area contributed by atoms with Crippen molar-refractivity contribution >= 4 is 37.8 Å². The molecule has 6 nitrogen and oxygen atoms in total. The zero-order valence-electron chi connectivity index (χ0n) is 16.8. The van der Waals surface area contributed by atoms with Crippen LogP contribution in [-0.2, 0) is 10.0 Å². The van der Waals surface area contributed by atoms with E-state index in [1.165, 1.54) is 18.2 Å². The number of hydrogen-bond donors (Lipinski definition) is 1. The molecular formula is C22H23BrN2O4S. The van der Waals surface area contributed by atoms with Gasteiger partial charge < -0.3 is 5.32 Å². The molecule has 1 fully saturated rings. The molecule has 4 rings (SSSR count). The Labute approximate surface area is 184 Å². The Kier molecular flexibility index (Phi) is 5.48. The molecule has 0 saturated heterocycles. The Balaban J connectivity index is 1.64. The summed E-state index contributed by atoms with van der Waals surface area (Å²) in [5.41, 5.74) is 1.37. The molecule has 2 aromatic carbocycles. The van der Waals surface area contributed by atoms with E-state index < -0.39 is 22.0 Å². The number of hydrogen-bond acceptors (Lipinski definition) is 4. The molecule has 0 bridgehead atoms. The van der Waals surface area contributed by atoms with Gasteiger partial charge in [-0.1, -0.05) is 34.5 Å². The molecule has 1 aliphatic carbocycles. The van der Waals surface area contributed by atoms with Gasteiger partial charge in [-0.2, -0.15) is 0 Å². The van der Waals surface area contributed by atoms with Crippen LogP contribution in [-0.4, -0.2) is 30.6 Å². The molecule has 30 heavy (non-hydrogen) atoms. The van der Waals surface area contributed by atoms with E-state index in [0.29, 0.717) is 5.92 Å². The van der Waals surface area contributed by atoms with Crippen LogP contribution in [0.4, 0.5) is 0 Å². The minimum Gasteiger partial charge on any atom is -0.345 e. The Morgan fingerprint density at radius 2 is 1.80 bits per heavy atom. The van der Waals surface area contributed by atoms with E-state index in [1.54, 1.807) is 13.8 Å². The van der Waals surface area contributed by atoms with Crippen LogP contribution >= 0.6 is 15.9 Å². The third kappa shape index (κ3) is 3.56. The minimum absolute atomic E-state index is 0.0994. The SMILES string of the molecule is CC(C)N1C(=O)c2ccc(C(=O)NC(c3ccc(Br)cc3)C3CCC3)cc2S1(=O)=O. The summed E-state index contributed by atoms with van der Waals surface area (Å²) < 4.78 is 27.5. The van der Waals surface area contributed by atoms with Crippen LogP contribution in [0.15, 0.2) is 51.8 Å². The van der Waals surface area contributed by atoms with Gasteiger partial charge in [0.1, 0.15) is 4.90 Å². The van der Waals surface area contributed by atoms with Crippen LogP contribution in [0.3, 0.4) is 0 Å². The standard InChI is InChI=1S/C22H23BrN2O4S/c1-13(2)25-22(27)18-11-8-16(12-19(18)30(25,28)29)21(26)24-20(14-4-3-5-14)15-6-9-17(23)10-7-15/h6-14,20H,3-5H2,1-2H3,(H,24,26). The maximum Gasteiger partial charge on any atom is 0.269 e. The molecule has 1 heterocycles. The first-order valence-electron chi connectivity index (χ1n) is 9.99. The fourth-order valence-electron chi connectivity index (χ4n) is 4.04. The van der Waals surface area contributed by atoms with Gasteiger partial charge in [0, 0.05) is 16.1 Å². The molecule has 0 spiro atoms. The van der Waals surface area contributed by atoms with Gasteiger partial charge in [0.2, 0.25) is 0 Å². The molecule has 1 atom stereocenters. The van der Waals surface area contributed by atoms with Crippen molar-refractivity contribution in [1.82, 2.24) is 9.62 Å². The Morgan fingerprint density at radius 3 is 2.37 bits per heavy atom. The molecule has 1 unspecified atom stereocenters. The van der Waals surface area contributed by atoms with Crippen molar-refractivity contribution in [2.45, 2.75) is 50.1 Å². The van der Waals surface area contributed by atoms with Gasteiger partial charge in [-0.15, -0.1) is 0 Å². The van der Waals surface area contributed by atoms with Crippen molar-refractivity contribution < 1.29 is 18.0 Å². The molecule has 0 radical (unpaired) electrons. The van der Waals surface area contributed by atoms with Gasteiger partial charge in [0.25, 0.3) is 21.8 Å². The Morgan fingerprint density at radius 1 is 1.13 bits per heavy atom. The summed E-state index contributed by atoms with van der Waals surface area (Å²) >= 11 is 3.43. The number of rotatable bonds is 5. The maximum atomic E-state index is 13.0. The van der Waals surface area contributed by atoms with Gasteiger partial charge in [-0.05, 0) is 68.5 Å². The van der Waals surface area contributed by atoms with E-state index in [2.05, 4.69) is 21.2 Å². The Bertz CT molecular complexity index is 1110. The highest BCUT2D eigenvalue weighted by Crippen LogP contribution is 2.38. The van der Waals surface area contributed by atoms with Gasteiger partial charge in [-0.3, -0.25) is 9.59 Å². The third-order valence-corrected chi connectivity index (χ3v) is 8.34. The summed E-state index contributed by atoms with van der Waals surface area (Å²) in [5, 5.41) is 3.09. The first kappa shape index (κ1) is 21.1. The molecule has 1 saturated carbocycles. The molecule has 2 aromatic rings. The highest BCUT2D eigenvalue weighted by molar-refractivity contribution is 9.10. The number of halogens is 1. The van der Waals surface area contributed by atoms with Crippen molar-refractivity contribution in [3.63, 3.8) is 0 Å². The number of amides is 2. The van der Waals surface area contributed by atoms with Crippen LogP contribution < -0.4 is 5.32 Å². The average molecular weight is 491 g/mol. The van der Waals surface area contributed by atoms with E-state index in [0.717, 1.165) is 33.6 Å². The van der Waals surface area contributed by atoms with Crippen molar-refractivity contribution in [3.8, 4) is 0 Å². The van der Waals surface area contributed by atoms with E-state index in [9.17, 15) is 18.0 Å². The average Bonchev–Trinajstić information content (AvgIpc) is 2.85. The summed E-state index contributed by atoms with van der Waals surface area (Å²) in [5.74, 6) is -0.538. The highest BCUT2D eigenvalue weighted by atomic mass is 79.9. The molecule has 8 heteroatoms. The first-order valence-corrected chi connectivity index (χ1v) is 12.2. The summed E-state index contributed by atoms with van der Waals surface area (Å²) in [6.07, 6.45) is 3.21. The van der Waals surface area contributed by atoms with E-state index in [4.69, 9.17) is 0 Å². The molecule has 0 aromatic heterocycles. The molecule has 1 aliphatic heterocycles. The number of carbonyl (C=O) groups excluding carboxylic acids is 2. The molecule has 2 amide bonds. The van der Waals surface area contributed by atoms with Crippen LogP contribution in [0.25, 0.3) is 0 Å². The van der Waals surface area contributed by atoms with Crippen molar-refractivity contribution in [3.05, 3.63) is 63.6 Å². The van der Waals surface area contributed by atoms with Crippen LogP contribution in [0.2, 0.25) is 0 Å². The highest BCUT2D eigenvalue weighted by Gasteiger charge is 2.43.